The Morgan fingerprint density at radius 3 is 1.81 bits per heavy atom. The van der Waals surface area contributed by atoms with Crippen LogP contribution in [0.5, 0.6) is 0 Å². The molecule has 134 valence electrons. The zero-order valence-corrected chi connectivity index (χ0v) is 17.6. The van der Waals surface area contributed by atoms with E-state index in [1.807, 2.05) is 0 Å². The summed E-state index contributed by atoms with van der Waals surface area (Å²) in [5.74, 6) is -1.26. The first kappa shape index (κ1) is 20.0. The van der Waals surface area contributed by atoms with Crippen molar-refractivity contribution in [2.75, 3.05) is 0 Å². The Kier molecular flexibility index (Phi) is 5.95. The van der Waals surface area contributed by atoms with E-state index in [9.17, 15) is 9.90 Å². The predicted molar refractivity (Wildman–Crippen MR) is 110 cm³/mol. The van der Waals surface area contributed by atoms with E-state index in [0.29, 0.717) is 5.56 Å². The van der Waals surface area contributed by atoms with E-state index in [2.05, 4.69) is 4.98 Å². The highest BCUT2D eigenvalue weighted by molar-refractivity contribution is 7.19. The zero-order valence-electron chi connectivity index (χ0n) is 12.3. The fourth-order valence-corrected chi connectivity index (χ4v) is 5.04. The largest absolute Gasteiger partial charge is 0.476 e. The third-order valence-electron chi connectivity index (χ3n) is 3.36. The molecule has 1 N–H and O–H groups in total. The number of rotatable bonds is 3. The lowest BCUT2D eigenvalue weighted by Gasteiger charge is -2.07. The molecule has 0 saturated heterocycles. The van der Waals surface area contributed by atoms with Gasteiger partial charge in [0.1, 0.15) is 5.01 Å². The summed E-state index contributed by atoms with van der Waals surface area (Å²) < 4.78 is 0. The maximum Gasteiger partial charge on any atom is 0.356 e. The van der Waals surface area contributed by atoms with E-state index in [1.54, 1.807) is 6.07 Å². The van der Waals surface area contributed by atoms with Crippen molar-refractivity contribution in [1.29, 1.82) is 0 Å². The predicted octanol–water partition coefficient (Wildman–Crippen LogP) is 8.10. The topological polar surface area (TPSA) is 50.2 Å². The Morgan fingerprint density at radius 1 is 0.808 bits per heavy atom. The molecule has 1 aromatic heterocycles. The van der Waals surface area contributed by atoms with Gasteiger partial charge in [-0.1, -0.05) is 69.6 Å². The molecule has 0 unspecified atom stereocenters. The van der Waals surface area contributed by atoms with Gasteiger partial charge in [0.25, 0.3) is 0 Å². The summed E-state index contributed by atoms with van der Waals surface area (Å²) in [5, 5.41) is 11.1. The molecule has 0 aliphatic carbocycles. The number of carbonyl (C=O) groups is 1. The number of carboxylic acid groups (broad SMARTS) is 1. The van der Waals surface area contributed by atoms with Gasteiger partial charge in [0.15, 0.2) is 5.69 Å². The number of aromatic carboxylic acids is 1. The van der Waals surface area contributed by atoms with Crippen LogP contribution in [0.3, 0.4) is 0 Å². The fourth-order valence-electron chi connectivity index (χ4n) is 2.20. The fraction of sp³-hybridized carbons (Fsp3) is 0. The Morgan fingerprint density at radius 2 is 1.27 bits per heavy atom. The molecule has 10 heteroatoms. The molecule has 0 atom stereocenters. The van der Waals surface area contributed by atoms with Gasteiger partial charge in [0.2, 0.25) is 0 Å². The lowest BCUT2D eigenvalue weighted by Crippen LogP contribution is -1.99. The molecule has 3 rings (SSSR count). The molecule has 26 heavy (non-hydrogen) atoms. The highest BCUT2D eigenvalue weighted by Gasteiger charge is 2.26. The lowest BCUT2D eigenvalue weighted by atomic mass is 10.1. The third-order valence-corrected chi connectivity index (χ3v) is 6.69. The number of hydrogen-bond donors (Lipinski definition) is 1. The second-order valence-electron chi connectivity index (χ2n) is 4.94. The van der Waals surface area contributed by atoms with Crippen molar-refractivity contribution in [1.82, 2.24) is 4.98 Å². The van der Waals surface area contributed by atoms with Crippen molar-refractivity contribution in [2.45, 2.75) is 0 Å². The zero-order chi connectivity index (χ0) is 19.2. The van der Waals surface area contributed by atoms with E-state index in [0.717, 1.165) is 11.3 Å². The van der Waals surface area contributed by atoms with Crippen LogP contribution in [-0.4, -0.2) is 16.1 Å². The van der Waals surface area contributed by atoms with Crippen LogP contribution in [0.15, 0.2) is 24.3 Å². The Bertz CT molecular complexity index is 1050. The Hall–Kier alpha value is -0.720. The van der Waals surface area contributed by atoms with Crippen LogP contribution in [0.25, 0.3) is 21.0 Å². The van der Waals surface area contributed by atoms with Crippen molar-refractivity contribution in [2.24, 2.45) is 0 Å². The van der Waals surface area contributed by atoms with Crippen LogP contribution in [0.1, 0.15) is 10.5 Å². The average molecular weight is 488 g/mol. The molecule has 3 aromatic rings. The molecule has 0 fully saturated rings. The van der Waals surface area contributed by atoms with Gasteiger partial charge >= 0.3 is 5.97 Å². The van der Waals surface area contributed by atoms with E-state index in [1.165, 1.54) is 18.2 Å². The van der Waals surface area contributed by atoms with Crippen molar-refractivity contribution >= 4 is 86.9 Å². The van der Waals surface area contributed by atoms with Gasteiger partial charge in [-0.05, 0) is 24.3 Å². The Balaban J connectivity index is 2.33. The minimum absolute atomic E-state index is 0.125. The van der Waals surface area contributed by atoms with E-state index in [-0.39, 0.29) is 51.3 Å². The van der Waals surface area contributed by atoms with Gasteiger partial charge < -0.3 is 5.11 Å². The molecule has 2 aromatic carbocycles. The number of hydrogen-bond acceptors (Lipinski definition) is 3. The molecule has 0 spiro atoms. The number of benzene rings is 2. The summed E-state index contributed by atoms with van der Waals surface area (Å²) in [6, 6.07) is 6.12. The average Bonchev–Trinajstić information content (AvgIpc) is 3.00. The standard InChI is InChI=1S/C16H5Cl6NO2S/c17-5-1-3-7(19)11(21)9(5)14-13(16(24)25)23-15(26-14)10-6(18)2-4-8(20)12(10)22/h1-4H,(H,24,25). The second kappa shape index (κ2) is 7.72. The number of carboxylic acids is 1. The molecule has 1 heterocycles. The maximum absolute atomic E-state index is 11.7. The first-order valence-electron chi connectivity index (χ1n) is 6.74. The van der Waals surface area contributed by atoms with Crippen LogP contribution in [0, 0.1) is 0 Å². The van der Waals surface area contributed by atoms with E-state index < -0.39 is 5.97 Å². The minimum Gasteiger partial charge on any atom is -0.476 e. The SMILES string of the molecule is O=C(O)c1nc(-c2c(Cl)ccc(Cl)c2Cl)sc1-c1c(Cl)ccc(Cl)c1Cl. The monoisotopic (exact) mass is 485 g/mol. The lowest BCUT2D eigenvalue weighted by molar-refractivity contribution is 0.0692. The van der Waals surface area contributed by atoms with Crippen molar-refractivity contribution in [3.8, 4) is 21.0 Å². The van der Waals surface area contributed by atoms with Gasteiger partial charge in [0.05, 0.1) is 35.0 Å². The molecule has 0 bridgehead atoms. The molecule has 0 saturated carbocycles. The highest BCUT2D eigenvalue weighted by Crippen LogP contribution is 2.47. The van der Waals surface area contributed by atoms with Crippen LogP contribution in [0.4, 0.5) is 0 Å². The molecule has 3 nitrogen and oxygen atoms in total. The van der Waals surface area contributed by atoms with Crippen molar-refractivity contribution in [3.05, 3.63) is 60.1 Å². The summed E-state index contributed by atoms with van der Waals surface area (Å²) >= 11 is 38.0. The smallest absolute Gasteiger partial charge is 0.356 e. The summed E-state index contributed by atoms with van der Waals surface area (Å²) in [6.07, 6.45) is 0. The number of nitrogens with zero attached hydrogens (tertiary/aromatic N) is 1. The third kappa shape index (κ3) is 3.52. The van der Waals surface area contributed by atoms with E-state index >= 15 is 0 Å². The number of thiazole rings is 1. The molecular weight excluding hydrogens is 483 g/mol. The van der Waals surface area contributed by atoms with Gasteiger partial charge in [-0.3, -0.25) is 0 Å². The quantitative estimate of drug-likeness (QED) is 0.380. The summed E-state index contributed by atoms with van der Waals surface area (Å²) in [6.45, 7) is 0. The maximum atomic E-state index is 11.7. The van der Waals surface area contributed by atoms with Crippen molar-refractivity contribution in [3.63, 3.8) is 0 Å². The normalized spacial score (nSPS) is 11.0. The number of halogens is 6. The van der Waals surface area contributed by atoms with Crippen LogP contribution < -0.4 is 0 Å². The van der Waals surface area contributed by atoms with Crippen LogP contribution in [0.2, 0.25) is 30.1 Å². The second-order valence-corrected chi connectivity index (χ2v) is 8.32. The van der Waals surface area contributed by atoms with Gasteiger partial charge in [-0.15, -0.1) is 11.3 Å². The molecular formula is C16H5Cl6NO2S. The van der Waals surface area contributed by atoms with Gasteiger partial charge in [0, 0.05) is 11.1 Å². The van der Waals surface area contributed by atoms with Crippen molar-refractivity contribution < 1.29 is 9.90 Å². The molecule has 0 radical (unpaired) electrons. The first-order chi connectivity index (χ1) is 12.2. The van der Waals surface area contributed by atoms with Gasteiger partial charge in [-0.25, -0.2) is 9.78 Å². The summed E-state index contributed by atoms with van der Waals surface area (Å²) in [7, 11) is 0. The number of aromatic nitrogens is 1. The minimum atomic E-state index is -1.26. The van der Waals surface area contributed by atoms with Crippen LogP contribution in [-0.2, 0) is 0 Å². The van der Waals surface area contributed by atoms with Gasteiger partial charge in [-0.2, -0.15) is 0 Å². The first-order valence-corrected chi connectivity index (χ1v) is 9.82. The highest BCUT2D eigenvalue weighted by atomic mass is 35.5. The molecule has 0 amide bonds. The van der Waals surface area contributed by atoms with Crippen LogP contribution >= 0.6 is 80.9 Å². The summed E-state index contributed by atoms with van der Waals surface area (Å²) in [4.78, 5) is 16.1. The summed E-state index contributed by atoms with van der Waals surface area (Å²) in [5.41, 5.74) is 0.355. The Labute approximate surface area is 182 Å². The van der Waals surface area contributed by atoms with E-state index in [4.69, 9.17) is 69.6 Å². The molecule has 0 aliphatic heterocycles. The molecule has 0 aliphatic rings.